The van der Waals surface area contributed by atoms with Gasteiger partial charge in [-0.2, -0.15) is 0 Å². The molecule has 4 heterocycles. The van der Waals surface area contributed by atoms with Gasteiger partial charge in [-0.15, -0.1) is 11.3 Å². The third kappa shape index (κ3) is 4.99. The Labute approximate surface area is 166 Å². The van der Waals surface area contributed by atoms with Gasteiger partial charge in [0.2, 0.25) is 0 Å². The van der Waals surface area contributed by atoms with Gasteiger partial charge in [0, 0.05) is 50.3 Å². The normalized spacial score (nSPS) is 19.3. The van der Waals surface area contributed by atoms with E-state index in [0.717, 1.165) is 44.2 Å². The van der Waals surface area contributed by atoms with Crippen LogP contribution in [-0.2, 0) is 6.54 Å². The van der Waals surface area contributed by atoms with E-state index in [1.54, 1.807) is 11.3 Å². The smallest absolute Gasteiger partial charge is 0.185 e. The van der Waals surface area contributed by atoms with Crippen molar-refractivity contribution in [1.82, 2.24) is 15.3 Å². The molecule has 0 atom stereocenters. The van der Waals surface area contributed by atoms with Gasteiger partial charge in [-0.1, -0.05) is 12.8 Å². The third-order valence-corrected chi connectivity index (χ3v) is 6.73. The molecule has 4 rings (SSSR count). The molecule has 146 valence electrons. The highest BCUT2D eigenvalue weighted by Gasteiger charge is 2.21. The molecule has 0 bridgehead atoms. The Balaban J connectivity index is 1.27. The lowest BCUT2D eigenvalue weighted by Crippen LogP contribution is -2.42. The van der Waals surface area contributed by atoms with Gasteiger partial charge in [-0.05, 0) is 50.3 Å². The third-order valence-electron chi connectivity index (χ3n) is 5.71. The van der Waals surface area contributed by atoms with Crippen LogP contribution in [0.25, 0.3) is 0 Å². The molecule has 6 heteroatoms. The van der Waals surface area contributed by atoms with E-state index in [4.69, 9.17) is 0 Å². The summed E-state index contributed by atoms with van der Waals surface area (Å²) >= 11 is 1.77. The number of nitrogens with zero attached hydrogens (tertiary/aromatic N) is 4. The van der Waals surface area contributed by atoms with Crippen molar-refractivity contribution in [2.75, 3.05) is 36.0 Å². The van der Waals surface area contributed by atoms with Crippen LogP contribution in [0.5, 0.6) is 0 Å². The average Bonchev–Trinajstić information content (AvgIpc) is 2.97. The Morgan fingerprint density at radius 3 is 2.56 bits per heavy atom. The first-order valence-electron chi connectivity index (χ1n) is 10.4. The highest BCUT2D eigenvalue weighted by molar-refractivity contribution is 7.13. The fourth-order valence-corrected chi connectivity index (χ4v) is 4.92. The van der Waals surface area contributed by atoms with Gasteiger partial charge in [0.05, 0.1) is 5.69 Å². The molecule has 2 aliphatic rings. The minimum absolute atomic E-state index is 0.595. The van der Waals surface area contributed by atoms with Crippen LogP contribution in [0.1, 0.15) is 49.8 Å². The van der Waals surface area contributed by atoms with Crippen molar-refractivity contribution in [2.45, 2.75) is 58.0 Å². The molecule has 2 aromatic heterocycles. The summed E-state index contributed by atoms with van der Waals surface area (Å²) in [6.45, 7) is 7.50. The molecule has 2 saturated heterocycles. The van der Waals surface area contributed by atoms with Gasteiger partial charge in [-0.3, -0.25) is 0 Å². The molecule has 0 saturated carbocycles. The quantitative estimate of drug-likeness (QED) is 0.843. The average molecular weight is 386 g/mol. The zero-order chi connectivity index (χ0) is 18.5. The number of hydrogen-bond donors (Lipinski definition) is 1. The molecule has 1 N–H and O–H groups in total. The number of hydrogen-bond acceptors (Lipinski definition) is 6. The summed E-state index contributed by atoms with van der Waals surface area (Å²) in [5.74, 6) is 1.16. The van der Waals surface area contributed by atoms with Gasteiger partial charge >= 0.3 is 0 Å². The van der Waals surface area contributed by atoms with Crippen LogP contribution in [-0.4, -0.2) is 42.2 Å². The number of aryl methyl sites for hydroxylation is 1. The van der Waals surface area contributed by atoms with E-state index in [0.29, 0.717) is 6.04 Å². The lowest BCUT2D eigenvalue weighted by atomic mass is 10.1. The van der Waals surface area contributed by atoms with E-state index in [1.165, 1.54) is 49.2 Å². The molecular weight excluding hydrogens is 354 g/mol. The maximum absolute atomic E-state index is 4.63. The SMILES string of the molecule is Cc1csc(N2CCC(NCc3ccnc(N4CCCCCC4)c3)CC2)n1. The first-order chi connectivity index (χ1) is 13.3. The zero-order valence-electron chi connectivity index (χ0n) is 16.4. The number of aromatic nitrogens is 2. The van der Waals surface area contributed by atoms with Gasteiger partial charge in [0.25, 0.3) is 0 Å². The minimum atomic E-state index is 0.595. The molecule has 0 amide bonds. The maximum atomic E-state index is 4.63. The number of rotatable bonds is 5. The molecule has 2 fully saturated rings. The molecule has 5 nitrogen and oxygen atoms in total. The summed E-state index contributed by atoms with van der Waals surface area (Å²) in [6.07, 6.45) is 9.65. The standard InChI is InChI=1S/C21H31N5S/c1-17-16-27-21(24-17)26-12-7-19(8-13-26)23-15-18-6-9-22-20(14-18)25-10-4-2-3-5-11-25/h6,9,14,16,19,23H,2-5,7-8,10-13,15H2,1H3. The summed E-state index contributed by atoms with van der Waals surface area (Å²) in [5.41, 5.74) is 2.48. The Kier molecular flexibility index (Phi) is 6.24. The monoisotopic (exact) mass is 385 g/mol. The van der Waals surface area contributed by atoms with Crippen LogP contribution in [0.3, 0.4) is 0 Å². The first kappa shape index (κ1) is 18.7. The van der Waals surface area contributed by atoms with Crippen LogP contribution in [0.2, 0.25) is 0 Å². The van der Waals surface area contributed by atoms with E-state index in [-0.39, 0.29) is 0 Å². The Hall–Kier alpha value is -1.66. The van der Waals surface area contributed by atoms with Gasteiger partial charge in [0.15, 0.2) is 5.13 Å². The van der Waals surface area contributed by atoms with E-state index in [1.807, 2.05) is 6.20 Å². The fraction of sp³-hybridized carbons (Fsp3) is 0.619. The number of pyridine rings is 1. The Morgan fingerprint density at radius 2 is 1.85 bits per heavy atom. The molecule has 2 aromatic rings. The van der Waals surface area contributed by atoms with Gasteiger partial charge < -0.3 is 15.1 Å². The topological polar surface area (TPSA) is 44.3 Å². The minimum Gasteiger partial charge on any atom is -0.357 e. The van der Waals surface area contributed by atoms with Crippen molar-refractivity contribution in [1.29, 1.82) is 0 Å². The largest absolute Gasteiger partial charge is 0.357 e. The van der Waals surface area contributed by atoms with Crippen molar-refractivity contribution in [2.24, 2.45) is 0 Å². The molecule has 0 aliphatic carbocycles. The predicted octanol–water partition coefficient (Wildman–Crippen LogP) is 3.99. The molecule has 0 spiro atoms. The Bertz CT molecular complexity index is 715. The van der Waals surface area contributed by atoms with Crippen LogP contribution in [0, 0.1) is 6.92 Å². The predicted molar refractivity (Wildman–Crippen MR) is 114 cm³/mol. The van der Waals surface area contributed by atoms with Crippen molar-refractivity contribution in [3.05, 3.63) is 35.0 Å². The summed E-state index contributed by atoms with van der Waals surface area (Å²) < 4.78 is 0. The fourth-order valence-electron chi connectivity index (χ4n) is 4.07. The molecular formula is C21H31N5S. The molecule has 0 unspecified atom stereocenters. The maximum Gasteiger partial charge on any atom is 0.185 e. The summed E-state index contributed by atoms with van der Waals surface area (Å²) in [7, 11) is 0. The van der Waals surface area contributed by atoms with Crippen molar-refractivity contribution in [3.63, 3.8) is 0 Å². The van der Waals surface area contributed by atoms with E-state index in [2.05, 4.69) is 49.5 Å². The van der Waals surface area contributed by atoms with Crippen LogP contribution >= 0.6 is 11.3 Å². The van der Waals surface area contributed by atoms with Crippen LogP contribution < -0.4 is 15.1 Å². The van der Waals surface area contributed by atoms with Crippen molar-refractivity contribution < 1.29 is 0 Å². The van der Waals surface area contributed by atoms with E-state index >= 15 is 0 Å². The van der Waals surface area contributed by atoms with E-state index in [9.17, 15) is 0 Å². The molecule has 0 aromatic carbocycles. The lowest BCUT2D eigenvalue weighted by molar-refractivity contribution is 0.413. The number of thiazole rings is 1. The zero-order valence-corrected chi connectivity index (χ0v) is 17.2. The molecule has 2 aliphatic heterocycles. The van der Waals surface area contributed by atoms with Crippen molar-refractivity contribution >= 4 is 22.3 Å². The number of anilines is 2. The highest BCUT2D eigenvalue weighted by atomic mass is 32.1. The second-order valence-corrected chi connectivity index (χ2v) is 8.67. The lowest BCUT2D eigenvalue weighted by Gasteiger charge is -2.32. The summed E-state index contributed by atoms with van der Waals surface area (Å²) in [6, 6.07) is 5.03. The van der Waals surface area contributed by atoms with E-state index < -0.39 is 0 Å². The molecule has 0 radical (unpaired) electrons. The van der Waals surface area contributed by atoms with Crippen LogP contribution in [0.15, 0.2) is 23.7 Å². The second kappa shape index (κ2) is 9.02. The second-order valence-electron chi connectivity index (χ2n) is 7.84. The van der Waals surface area contributed by atoms with Crippen molar-refractivity contribution in [3.8, 4) is 0 Å². The highest BCUT2D eigenvalue weighted by Crippen LogP contribution is 2.24. The van der Waals surface area contributed by atoms with Gasteiger partial charge in [0.1, 0.15) is 5.82 Å². The number of piperidine rings is 1. The number of nitrogens with one attached hydrogen (secondary N) is 1. The first-order valence-corrected chi connectivity index (χ1v) is 11.3. The summed E-state index contributed by atoms with van der Waals surface area (Å²) in [4.78, 5) is 14.2. The summed E-state index contributed by atoms with van der Waals surface area (Å²) in [5, 5.41) is 7.09. The molecule has 27 heavy (non-hydrogen) atoms. The van der Waals surface area contributed by atoms with Crippen LogP contribution in [0.4, 0.5) is 10.9 Å². The van der Waals surface area contributed by atoms with Gasteiger partial charge in [-0.25, -0.2) is 9.97 Å². The Morgan fingerprint density at radius 1 is 1.07 bits per heavy atom.